The van der Waals surface area contributed by atoms with E-state index in [-0.39, 0.29) is 12.0 Å². The number of ether oxygens (including phenoxy) is 1. The lowest BCUT2D eigenvalue weighted by Crippen LogP contribution is -2.49. The number of Topliss-reactive ketones (excluding diaryl/α,β-unsaturated/α-hetero) is 1. The van der Waals surface area contributed by atoms with Gasteiger partial charge in [0.05, 0.1) is 6.61 Å². The number of hydrogen-bond donors (Lipinski definition) is 0. The number of ketones is 1. The molecule has 5 fully saturated rings. The van der Waals surface area contributed by atoms with Gasteiger partial charge in [-0.3, -0.25) is 9.83 Å². The standard InChI is InChI=1S/C13H18F2O5S.C12H15OS/c14-13(15,21-20-19-17)11(16)18-7-12-4-8-1-9(5-12)3-10(2-8)6-12;13-12(10-14-8-4-5-9-14)11-6-2-1-3-7-11/h8-10,17H,1-7H2;1-3,6-7H,4-5,8-10H2/q;+1/p-1. The van der Waals surface area contributed by atoms with Crippen LogP contribution in [0.15, 0.2) is 30.3 Å². The van der Waals surface area contributed by atoms with Crippen LogP contribution >= 0.6 is 12.0 Å². The molecule has 1 heterocycles. The summed E-state index contributed by atoms with van der Waals surface area (Å²) >= 11 is -0.639. The van der Waals surface area contributed by atoms with E-state index in [4.69, 9.17) is 4.74 Å². The van der Waals surface area contributed by atoms with Gasteiger partial charge in [-0.25, -0.2) is 4.79 Å². The number of carbonyl (C=O) groups is 2. The molecule has 0 amide bonds. The lowest BCUT2D eigenvalue weighted by atomic mass is 9.50. The molecule has 5 aliphatic rings. The summed E-state index contributed by atoms with van der Waals surface area (Å²) in [5.41, 5.74) is 0.757. The molecule has 0 radical (unpaired) electrons. The van der Waals surface area contributed by atoms with Crippen LogP contribution < -0.4 is 5.26 Å². The quantitative estimate of drug-likeness (QED) is 0.116. The highest BCUT2D eigenvalue weighted by molar-refractivity contribution is 7.97. The third-order valence-electron chi connectivity index (χ3n) is 7.63. The van der Waals surface area contributed by atoms with E-state index in [1.54, 1.807) is 0 Å². The smallest absolute Gasteiger partial charge is 0.415 e. The Morgan fingerprint density at radius 1 is 1.03 bits per heavy atom. The number of esters is 1. The lowest BCUT2D eigenvalue weighted by molar-refractivity contribution is -0.777. The molecule has 1 aromatic carbocycles. The minimum absolute atomic E-state index is 0.0315. The van der Waals surface area contributed by atoms with E-state index in [0.717, 1.165) is 30.6 Å². The predicted molar refractivity (Wildman–Crippen MR) is 128 cm³/mol. The molecule has 0 spiro atoms. The average molecular weight is 531 g/mol. The molecule has 6 nitrogen and oxygen atoms in total. The number of carbonyl (C=O) groups excluding carboxylic acids is 2. The van der Waals surface area contributed by atoms with Crippen LogP contribution in [0.2, 0.25) is 0 Å². The van der Waals surface area contributed by atoms with Gasteiger partial charge in [-0.2, -0.15) is 13.1 Å². The van der Waals surface area contributed by atoms with E-state index in [9.17, 15) is 23.6 Å². The monoisotopic (exact) mass is 530 g/mol. The lowest BCUT2D eigenvalue weighted by Gasteiger charge is -2.56. The predicted octanol–water partition coefficient (Wildman–Crippen LogP) is 4.49. The van der Waals surface area contributed by atoms with Gasteiger partial charge < -0.3 is 9.99 Å². The fraction of sp³-hybridized carbons (Fsp3) is 0.680. The minimum atomic E-state index is -3.94. The highest BCUT2D eigenvalue weighted by Gasteiger charge is 2.52. The second-order valence-electron chi connectivity index (χ2n) is 10.4. The van der Waals surface area contributed by atoms with E-state index in [1.165, 1.54) is 43.6 Å². The Morgan fingerprint density at radius 2 is 1.60 bits per heavy atom. The van der Waals surface area contributed by atoms with Crippen LogP contribution in [-0.4, -0.2) is 40.9 Å². The van der Waals surface area contributed by atoms with Gasteiger partial charge in [0.1, 0.15) is 23.5 Å². The maximum atomic E-state index is 13.3. The van der Waals surface area contributed by atoms with Crippen molar-refractivity contribution < 1.29 is 37.7 Å². The SMILES string of the molecule is O=C(C[S+]1CCCC1)c1ccccc1.O=C(OCC12CC3CC(CC(C3)C1)C2)C(F)(F)SOO[O-]. The number of alkyl halides is 2. The van der Waals surface area contributed by atoms with Gasteiger partial charge in [0.25, 0.3) is 0 Å². The van der Waals surface area contributed by atoms with Crippen molar-refractivity contribution in [1.82, 2.24) is 0 Å². The summed E-state index contributed by atoms with van der Waals surface area (Å²) < 4.78 is 35.0. The first-order valence-corrected chi connectivity index (χ1v) is 14.7. The molecular formula is C25H32F2O6S2. The summed E-state index contributed by atoms with van der Waals surface area (Å²) in [5.74, 6) is 3.95. The Bertz CT molecular complexity index is 827. The molecule has 10 heteroatoms. The van der Waals surface area contributed by atoms with Crippen LogP contribution in [0.25, 0.3) is 0 Å². The van der Waals surface area contributed by atoms with E-state index in [2.05, 4.69) is 9.37 Å². The van der Waals surface area contributed by atoms with E-state index in [1.807, 2.05) is 30.3 Å². The largest absolute Gasteiger partial charge is 0.691 e. The molecule has 1 aromatic rings. The van der Waals surface area contributed by atoms with Crippen molar-refractivity contribution >= 4 is 34.7 Å². The summed E-state index contributed by atoms with van der Waals surface area (Å²) in [6.45, 7) is 0.0315. The third-order valence-corrected chi connectivity index (χ3v) is 10.5. The fourth-order valence-electron chi connectivity index (χ4n) is 6.61. The topological polar surface area (TPSA) is 84.9 Å². The highest BCUT2D eigenvalue weighted by Crippen LogP contribution is 2.60. The molecule has 0 N–H and O–H groups in total. The Morgan fingerprint density at radius 3 is 2.14 bits per heavy atom. The van der Waals surface area contributed by atoms with Crippen molar-refractivity contribution in [2.45, 2.75) is 56.6 Å². The first-order valence-electron chi connectivity index (χ1n) is 12.2. The molecule has 0 atom stereocenters. The molecular weight excluding hydrogens is 498 g/mol. The zero-order chi connectivity index (χ0) is 24.9. The molecule has 1 saturated heterocycles. The van der Waals surface area contributed by atoms with Crippen LogP contribution in [0.4, 0.5) is 8.78 Å². The van der Waals surface area contributed by atoms with Crippen LogP contribution in [0.3, 0.4) is 0 Å². The van der Waals surface area contributed by atoms with Crippen LogP contribution in [0.5, 0.6) is 0 Å². The minimum Gasteiger partial charge on any atom is -0.691 e. The van der Waals surface area contributed by atoms with Crippen molar-refractivity contribution in [3.05, 3.63) is 35.9 Å². The van der Waals surface area contributed by atoms with Gasteiger partial charge in [-0.1, -0.05) is 30.3 Å². The van der Waals surface area contributed by atoms with Gasteiger partial charge in [0.15, 0.2) is 5.75 Å². The number of rotatable bonds is 9. The summed E-state index contributed by atoms with van der Waals surface area (Å²) in [6.07, 6.45) is 9.23. The van der Waals surface area contributed by atoms with Crippen molar-refractivity contribution in [3.8, 4) is 0 Å². The third kappa shape index (κ3) is 7.19. The van der Waals surface area contributed by atoms with Gasteiger partial charge in [0, 0.05) is 11.0 Å². The first-order chi connectivity index (χ1) is 16.8. The Kier molecular flexibility index (Phi) is 9.13. The van der Waals surface area contributed by atoms with E-state index < -0.39 is 23.3 Å². The number of benzene rings is 1. The van der Waals surface area contributed by atoms with Crippen molar-refractivity contribution in [2.75, 3.05) is 23.9 Å². The molecule has 0 aromatic heterocycles. The molecule has 4 aliphatic carbocycles. The molecule has 194 valence electrons. The Hall–Kier alpha value is -1.20. The highest BCUT2D eigenvalue weighted by atomic mass is 32.2. The van der Waals surface area contributed by atoms with Crippen molar-refractivity contribution in [2.24, 2.45) is 23.2 Å². The summed E-state index contributed by atoms with van der Waals surface area (Å²) in [5, 5.41) is 8.45. The van der Waals surface area contributed by atoms with Gasteiger partial charge in [-0.05, 0) is 80.0 Å². The zero-order valence-electron chi connectivity index (χ0n) is 19.6. The normalized spacial score (nSPS) is 29.5. The molecule has 0 unspecified atom stereocenters. The van der Waals surface area contributed by atoms with E-state index >= 15 is 0 Å². The summed E-state index contributed by atoms with van der Waals surface area (Å²) in [6, 6.07) is 9.66. The van der Waals surface area contributed by atoms with Crippen LogP contribution in [0, 0.1) is 23.2 Å². The Balaban J connectivity index is 0.000000179. The fourth-order valence-corrected chi connectivity index (χ4v) is 9.11. The zero-order valence-corrected chi connectivity index (χ0v) is 21.3. The molecule has 1 aliphatic heterocycles. The van der Waals surface area contributed by atoms with Crippen molar-refractivity contribution in [3.63, 3.8) is 0 Å². The van der Waals surface area contributed by atoms with Crippen molar-refractivity contribution in [1.29, 1.82) is 0 Å². The van der Waals surface area contributed by atoms with Gasteiger partial charge in [-0.15, -0.1) is 0 Å². The summed E-state index contributed by atoms with van der Waals surface area (Å²) in [7, 11) is 0.393. The molecule has 4 saturated carbocycles. The van der Waals surface area contributed by atoms with Gasteiger partial charge >= 0.3 is 11.2 Å². The average Bonchev–Trinajstić information content (AvgIpc) is 3.34. The van der Waals surface area contributed by atoms with E-state index in [0.29, 0.717) is 34.4 Å². The first kappa shape index (κ1) is 26.9. The van der Waals surface area contributed by atoms with Gasteiger partial charge in [0.2, 0.25) is 5.78 Å². The maximum absolute atomic E-state index is 13.3. The maximum Gasteiger partial charge on any atom is 0.415 e. The van der Waals surface area contributed by atoms with Crippen LogP contribution in [0.1, 0.15) is 61.7 Å². The summed E-state index contributed by atoms with van der Waals surface area (Å²) in [4.78, 5) is 23.2. The Labute approximate surface area is 211 Å². The van der Waals surface area contributed by atoms with Crippen LogP contribution in [-0.2, 0) is 29.8 Å². The number of hydrogen-bond acceptors (Lipinski definition) is 7. The number of halogens is 2. The molecule has 6 rings (SSSR count). The second kappa shape index (κ2) is 11.9. The molecule has 35 heavy (non-hydrogen) atoms. The molecule has 4 bridgehead atoms. The second-order valence-corrected chi connectivity index (χ2v) is 13.5.